The summed E-state index contributed by atoms with van der Waals surface area (Å²) in [5.41, 5.74) is 0.355. The molecule has 1 N–H and O–H groups in total. The van der Waals surface area contributed by atoms with Gasteiger partial charge in [0.15, 0.2) is 0 Å². The summed E-state index contributed by atoms with van der Waals surface area (Å²) in [7, 11) is 2.04. The van der Waals surface area contributed by atoms with E-state index in [4.69, 9.17) is 4.74 Å². The lowest BCUT2D eigenvalue weighted by molar-refractivity contribution is -0.134. The van der Waals surface area contributed by atoms with Gasteiger partial charge in [0.05, 0.1) is 11.7 Å². The van der Waals surface area contributed by atoms with Crippen LogP contribution in [0.1, 0.15) is 41.0 Å². The minimum absolute atomic E-state index is 0.00797. The minimum Gasteiger partial charge on any atom is -0.370 e. The van der Waals surface area contributed by atoms with Crippen LogP contribution in [0.5, 0.6) is 0 Å². The minimum atomic E-state index is -0.00797. The van der Waals surface area contributed by atoms with E-state index in [-0.39, 0.29) is 5.60 Å². The van der Waals surface area contributed by atoms with Crippen LogP contribution in [-0.4, -0.2) is 49.8 Å². The van der Waals surface area contributed by atoms with Crippen molar-refractivity contribution in [2.75, 3.05) is 33.2 Å². The van der Waals surface area contributed by atoms with Gasteiger partial charge in [-0.3, -0.25) is 4.90 Å². The van der Waals surface area contributed by atoms with Crippen molar-refractivity contribution in [3.05, 3.63) is 0 Å². The van der Waals surface area contributed by atoms with Crippen LogP contribution >= 0.6 is 0 Å². The molecule has 1 aliphatic heterocycles. The second-order valence-electron chi connectivity index (χ2n) is 6.55. The van der Waals surface area contributed by atoms with E-state index in [0.29, 0.717) is 11.5 Å². The van der Waals surface area contributed by atoms with E-state index in [9.17, 15) is 0 Å². The molecular weight excluding hydrogens is 212 g/mol. The van der Waals surface area contributed by atoms with Gasteiger partial charge in [-0.25, -0.2) is 0 Å². The summed E-state index contributed by atoms with van der Waals surface area (Å²) in [5.74, 6) is 0. The van der Waals surface area contributed by atoms with Gasteiger partial charge in [-0.05, 0) is 39.7 Å². The number of hydrogen-bond donors (Lipinski definition) is 1. The Balaban J connectivity index is 2.60. The van der Waals surface area contributed by atoms with Gasteiger partial charge in [0, 0.05) is 26.2 Å². The monoisotopic (exact) mass is 242 g/mol. The Labute approximate surface area is 107 Å². The van der Waals surface area contributed by atoms with Gasteiger partial charge >= 0.3 is 0 Å². The second kappa shape index (κ2) is 5.68. The molecule has 0 bridgehead atoms. The van der Waals surface area contributed by atoms with E-state index in [2.05, 4.69) is 44.8 Å². The molecule has 1 fully saturated rings. The summed E-state index contributed by atoms with van der Waals surface area (Å²) in [4.78, 5) is 2.56. The largest absolute Gasteiger partial charge is 0.370 e. The molecule has 1 heterocycles. The standard InChI is InChI=1S/C14H30N2O/c1-7-14(5,9-15-6)11-16-8-12(2)17-13(3,4)10-16/h12,15H,7-11H2,1-6H3. The number of ether oxygens (including phenoxy) is 1. The second-order valence-corrected chi connectivity index (χ2v) is 6.55. The van der Waals surface area contributed by atoms with Crippen molar-refractivity contribution >= 4 is 0 Å². The molecule has 0 radical (unpaired) electrons. The van der Waals surface area contributed by atoms with Crippen LogP contribution in [0.15, 0.2) is 0 Å². The maximum atomic E-state index is 5.95. The first-order valence-electron chi connectivity index (χ1n) is 6.85. The van der Waals surface area contributed by atoms with Gasteiger partial charge in [-0.1, -0.05) is 13.8 Å². The third kappa shape index (κ3) is 4.57. The zero-order chi connectivity index (χ0) is 13.1. The van der Waals surface area contributed by atoms with E-state index in [1.54, 1.807) is 0 Å². The van der Waals surface area contributed by atoms with Crippen LogP contribution in [0.4, 0.5) is 0 Å². The lowest BCUT2D eigenvalue weighted by Gasteiger charge is -2.45. The van der Waals surface area contributed by atoms with Crippen molar-refractivity contribution in [1.29, 1.82) is 0 Å². The molecule has 1 rings (SSSR count). The highest BCUT2D eigenvalue weighted by atomic mass is 16.5. The van der Waals surface area contributed by atoms with Gasteiger partial charge in [-0.2, -0.15) is 0 Å². The molecule has 0 spiro atoms. The van der Waals surface area contributed by atoms with E-state index in [1.165, 1.54) is 6.42 Å². The number of hydrogen-bond acceptors (Lipinski definition) is 3. The maximum Gasteiger partial charge on any atom is 0.0757 e. The third-order valence-electron chi connectivity index (χ3n) is 3.70. The molecule has 1 aliphatic rings. The highest BCUT2D eigenvalue weighted by Crippen LogP contribution is 2.26. The fourth-order valence-electron chi connectivity index (χ4n) is 2.97. The van der Waals surface area contributed by atoms with Crippen LogP contribution in [-0.2, 0) is 4.74 Å². The molecule has 2 atom stereocenters. The molecule has 0 aromatic heterocycles. The smallest absolute Gasteiger partial charge is 0.0757 e. The number of morpholine rings is 1. The first-order chi connectivity index (χ1) is 7.80. The van der Waals surface area contributed by atoms with E-state index in [1.807, 2.05) is 7.05 Å². The van der Waals surface area contributed by atoms with Crippen molar-refractivity contribution in [1.82, 2.24) is 10.2 Å². The van der Waals surface area contributed by atoms with Gasteiger partial charge in [-0.15, -0.1) is 0 Å². The zero-order valence-electron chi connectivity index (χ0n) is 12.5. The molecule has 1 saturated heterocycles. The molecule has 0 aromatic rings. The summed E-state index contributed by atoms with van der Waals surface area (Å²) in [6, 6.07) is 0. The number of nitrogens with one attached hydrogen (secondary N) is 1. The molecular formula is C14H30N2O. The first kappa shape index (κ1) is 14.9. The van der Waals surface area contributed by atoms with Crippen molar-refractivity contribution in [3.63, 3.8) is 0 Å². The van der Waals surface area contributed by atoms with Gasteiger partial charge in [0.2, 0.25) is 0 Å². The predicted molar refractivity (Wildman–Crippen MR) is 73.4 cm³/mol. The van der Waals surface area contributed by atoms with Gasteiger partial charge in [0.1, 0.15) is 0 Å². The van der Waals surface area contributed by atoms with Gasteiger partial charge < -0.3 is 10.1 Å². The number of rotatable bonds is 5. The van der Waals surface area contributed by atoms with Crippen LogP contribution in [0.3, 0.4) is 0 Å². The Morgan fingerprint density at radius 1 is 1.47 bits per heavy atom. The highest BCUT2D eigenvalue weighted by molar-refractivity contribution is 4.87. The van der Waals surface area contributed by atoms with Crippen molar-refractivity contribution < 1.29 is 4.74 Å². The van der Waals surface area contributed by atoms with Crippen LogP contribution in [0, 0.1) is 5.41 Å². The van der Waals surface area contributed by atoms with Crippen LogP contribution in [0.25, 0.3) is 0 Å². The average molecular weight is 242 g/mol. The fraction of sp³-hybridized carbons (Fsp3) is 1.00. The van der Waals surface area contributed by atoms with E-state index < -0.39 is 0 Å². The predicted octanol–water partition coefficient (Wildman–Crippen LogP) is 2.12. The molecule has 0 amide bonds. The molecule has 0 aliphatic carbocycles. The first-order valence-corrected chi connectivity index (χ1v) is 6.85. The molecule has 3 heteroatoms. The van der Waals surface area contributed by atoms with E-state index >= 15 is 0 Å². The Kier molecular flexibility index (Phi) is 4.99. The topological polar surface area (TPSA) is 24.5 Å². The molecule has 3 nitrogen and oxygen atoms in total. The lowest BCUT2D eigenvalue weighted by Crippen LogP contribution is -2.55. The number of nitrogens with zero attached hydrogens (tertiary/aromatic N) is 1. The summed E-state index contributed by atoms with van der Waals surface area (Å²) >= 11 is 0. The quantitative estimate of drug-likeness (QED) is 0.799. The summed E-state index contributed by atoms with van der Waals surface area (Å²) in [6.07, 6.45) is 1.55. The fourth-order valence-corrected chi connectivity index (χ4v) is 2.97. The SMILES string of the molecule is CCC(C)(CNC)CN1CC(C)OC(C)(C)C1. The normalized spacial score (nSPS) is 28.9. The van der Waals surface area contributed by atoms with Crippen molar-refractivity contribution in [3.8, 4) is 0 Å². The highest BCUT2D eigenvalue weighted by Gasteiger charge is 2.34. The average Bonchev–Trinajstić information content (AvgIpc) is 2.14. The Morgan fingerprint density at radius 3 is 2.59 bits per heavy atom. The Bertz CT molecular complexity index is 242. The van der Waals surface area contributed by atoms with Crippen LogP contribution < -0.4 is 5.32 Å². The Morgan fingerprint density at radius 2 is 2.12 bits per heavy atom. The summed E-state index contributed by atoms with van der Waals surface area (Å²) in [5, 5.41) is 3.32. The molecule has 2 unspecified atom stereocenters. The molecule has 0 saturated carbocycles. The zero-order valence-corrected chi connectivity index (χ0v) is 12.5. The van der Waals surface area contributed by atoms with Crippen molar-refractivity contribution in [2.45, 2.75) is 52.7 Å². The van der Waals surface area contributed by atoms with E-state index in [0.717, 1.165) is 26.2 Å². The van der Waals surface area contributed by atoms with Crippen molar-refractivity contribution in [2.24, 2.45) is 5.41 Å². The van der Waals surface area contributed by atoms with Gasteiger partial charge in [0.25, 0.3) is 0 Å². The molecule has 0 aromatic carbocycles. The third-order valence-corrected chi connectivity index (χ3v) is 3.70. The molecule has 102 valence electrons. The maximum absolute atomic E-state index is 5.95. The lowest BCUT2D eigenvalue weighted by atomic mass is 9.86. The molecule has 17 heavy (non-hydrogen) atoms. The summed E-state index contributed by atoms with van der Waals surface area (Å²) < 4.78 is 5.95. The van der Waals surface area contributed by atoms with Crippen LogP contribution in [0.2, 0.25) is 0 Å². The Hall–Kier alpha value is -0.120. The summed E-state index contributed by atoms with van der Waals surface area (Å²) in [6.45, 7) is 15.5.